The molecule has 0 aromatic carbocycles. The molecule has 3 heterocycles. The molecule has 0 aliphatic rings. The van der Waals surface area contributed by atoms with Crippen LogP contribution in [0.1, 0.15) is 16.1 Å². The number of carbonyl (C=O) groups excluding carboxylic acids is 1. The van der Waals surface area contributed by atoms with Crippen LogP contribution >= 0.6 is 0 Å². The minimum atomic E-state index is -0.420. The Labute approximate surface area is 121 Å². The van der Waals surface area contributed by atoms with E-state index >= 15 is 0 Å². The number of pyridine rings is 1. The van der Waals surface area contributed by atoms with Gasteiger partial charge in [0.2, 0.25) is 0 Å². The molecular formula is C15H13N3O3. The summed E-state index contributed by atoms with van der Waals surface area (Å²) in [4.78, 5) is 15.7. The summed E-state index contributed by atoms with van der Waals surface area (Å²) in [5.41, 5.74) is 2.33. The number of esters is 1. The lowest BCUT2D eigenvalue weighted by Gasteiger charge is -2.07. The molecule has 0 bridgehead atoms. The van der Waals surface area contributed by atoms with Crippen molar-refractivity contribution >= 4 is 5.97 Å². The average Bonchev–Trinajstić information content (AvgIpc) is 3.17. The van der Waals surface area contributed by atoms with E-state index in [-0.39, 0.29) is 0 Å². The molecule has 6 heteroatoms. The van der Waals surface area contributed by atoms with Crippen LogP contribution in [0.25, 0.3) is 11.3 Å². The predicted molar refractivity (Wildman–Crippen MR) is 74.6 cm³/mol. The van der Waals surface area contributed by atoms with Crippen molar-refractivity contribution in [3.63, 3.8) is 0 Å². The smallest absolute Gasteiger partial charge is 0.341 e. The Morgan fingerprint density at radius 1 is 1.24 bits per heavy atom. The Kier molecular flexibility index (Phi) is 3.51. The fourth-order valence-electron chi connectivity index (χ4n) is 2.12. The van der Waals surface area contributed by atoms with Gasteiger partial charge in [-0.15, -0.1) is 0 Å². The molecule has 106 valence electrons. The van der Waals surface area contributed by atoms with Gasteiger partial charge >= 0.3 is 5.97 Å². The molecule has 3 aromatic heterocycles. The zero-order valence-corrected chi connectivity index (χ0v) is 11.4. The van der Waals surface area contributed by atoms with Gasteiger partial charge in [-0.2, -0.15) is 5.10 Å². The highest BCUT2D eigenvalue weighted by Gasteiger charge is 2.17. The van der Waals surface area contributed by atoms with Crippen molar-refractivity contribution in [1.82, 2.24) is 14.8 Å². The molecule has 21 heavy (non-hydrogen) atoms. The SMILES string of the molecule is COC(=O)c1ccoc1Cn1nccc1-c1ccncc1. The first-order valence-electron chi connectivity index (χ1n) is 6.36. The van der Waals surface area contributed by atoms with E-state index in [1.807, 2.05) is 18.2 Å². The number of methoxy groups -OCH3 is 1. The zero-order chi connectivity index (χ0) is 14.7. The van der Waals surface area contributed by atoms with Crippen molar-refractivity contribution in [2.24, 2.45) is 0 Å². The summed E-state index contributed by atoms with van der Waals surface area (Å²) in [6.07, 6.45) is 6.62. The van der Waals surface area contributed by atoms with Crippen molar-refractivity contribution in [2.75, 3.05) is 7.11 Å². The number of nitrogens with zero attached hydrogens (tertiary/aromatic N) is 3. The molecule has 3 aromatic rings. The van der Waals surface area contributed by atoms with E-state index in [0.717, 1.165) is 11.3 Å². The topological polar surface area (TPSA) is 70.2 Å². The summed E-state index contributed by atoms with van der Waals surface area (Å²) < 4.78 is 11.9. The Hall–Kier alpha value is -2.89. The summed E-state index contributed by atoms with van der Waals surface area (Å²) in [5, 5.41) is 4.28. The van der Waals surface area contributed by atoms with Crippen LogP contribution in [-0.4, -0.2) is 27.8 Å². The molecule has 0 amide bonds. The molecule has 0 atom stereocenters. The molecule has 6 nitrogen and oxygen atoms in total. The van der Waals surface area contributed by atoms with Gasteiger partial charge in [0.1, 0.15) is 17.9 Å². The van der Waals surface area contributed by atoms with Crippen LogP contribution < -0.4 is 0 Å². The van der Waals surface area contributed by atoms with E-state index in [2.05, 4.69) is 10.1 Å². The van der Waals surface area contributed by atoms with Crippen LogP contribution in [0.15, 0.2) is 53.5 Å². The number of aromatic nitrogens is 3. The molecule has 0 fully saturated rings. The monoisotopic (exact) mass is 283 g/mol. The molecule has 0 N–H and O–H groups in total. The summed E-state index contributed by atoms with van der Waals surface area (Å²) >= 11 is 0. The second-order valence-electron chi connectivity index (χ2n) is 4.36. The van der Waals surface area contributed by atoms with E-state index < -0.39 is 5.97 Å². The summed E-state index contributed by atoms with van der Waals surface area (Å²) in [6, 6.07) is 7.29. The first-order valence-corrected chi connectivity index (χ1v) is 6.36. The zero-order valence-electron chi connectivity index (χ0n) is 11.4. The summed E-state index contributed by atoms with van der Waals surface area (Å²) in [5.74, 6) is 0.0947. The van der Waals surface area contributed by atoms with E-state index in [0.29, 0.717) is 17.9 Å². The van der Waals surface area contributed by atoms with Crippen LogP contribution in [0.2, 0.25) is 0 Å². The third kappa shape index (κ3) is 2.55. The fourth-order valence-corrected chi connectivity index (χ4v) is 2.12. The normalized spacial score (nSPS) is 10.5. The van der Waals surface area contributed by atoms with Crippen molar-refractivity contribution < 1.29 is 13.9 Å². The van der Waals surface area contributed by atoms with Gasteiger partial charge in [-0.1, -0.05) is 0 Å². The van der Waals surface area contributed by atoms with E-state index in [1.165, 1.54) is 13.4 Å². The van der Waals surface area contributed by atoms with Gasteiger partial charge in [0, 0.05) is 24.2 Å². The quantitative estimate of drug-likeness (QED) is 0.687. The summed E-state index contributed by atoms with van der Waals surface area (Å²) in [7, 11) is 1.34. The van der Waals surface area contributed by atoms with Gasteiger partial charge in [-0.05, 0) is 24.3 Å². The Balaban J connectivity index is 1.92. The number of rotatable bonds is 4. The molecule has 3 rings (SSSR count). The van der Waals surface area contributed by atoms with Crippen LogP contribution in [0.3, 0.4) is 0 Å². The van der Waals surface area contributed by atoms with E-state index in [1.54, 1.807) is 29.3 Å². The lowest BCUT2D eigenvalue weighted by molar-refractivity contribution is 0.0598. The second-order valence-corrected chi connectivity index (χ2v) is 4.36. The largest absolute Gasteiger partial charge is 0.466 e. The second kappa shape index (κ2) is 5.62. The highest BCUT2D eigenvalue weighted by atomic mass is 16.5. The molecule has 0 spiro atoms. The molecule has 0 unspecified atom stereocenters. The molecule has 0 saturated carbocycles. The Morgan fingerprint density at radius 2 is 2.05 bits per heavy atom. The van der Waals surface area contributed by atoms with Crippen molar-refractivity contribution in [2.45, 2.75) is 6.54 Å². The minimum absolute atomic E-state index is 0.349. The number of hydrogen-bond acceptors (Lipinski definition) is 5. The average molecular weight is 283 g/mol. The number of furan rings is 1. The molecular weight excluding hydrogens is 270 g/mol. The van der Waals surface area contributed by atoms with Crippen LogP contribution in [0.4, 0.5) is 0 Å². The molecule has 0 saturated heterocycles. The third-order valence-corrected chi connectivity index (χ3v) is 3.14. The van der Waals surface area contributed by atoms with Gasteiger partial charge in [-0.25, -0.2) is 4.79 Å². The van der Waals surface area contributed by atoms with E-state index in [9.17, 15) is 4.79 Å². The van der Waals surface area contributed by atoms with Crippen molar-refractivity contribution in [1.29, 1.82) is 0 Å². The van der Waals surface area contributed by atoms with Gasteiger partial charge in [0.25, 0.3) is 0 Å². The molecule has 0 radical (unpaired) electrons. The maximum Gasteiger partial charge on any atom is 0.341 e. The third-order valence-electron chi connectivity index (χ3n) is 3.14. The number of hydrogen-bond donors (Lipinski definition) is 0. The Morgan fingerprint density at radius 3 is 2.81 bits per heavy atom. The first kappa shape index (κ1) is 13.1. The van der Waals surface area contributed by atoms with Crippen molar-refractivity contribution in [3.8, 4) is 11.3 Å². The highest BCUT2D eigenvalue weighted by molar-refractivity contribution is 5.90. The van der Waals surface area contributed by atoms with Gasteiger partial charge in [0.05, 0.1) is 19.1 Å². The highest BCUT2D eigenvalue weighted by Crippen LogP contribution is 2.20. The van der Waals surface area contributed by atoms with Crippen molar-refractivity contribution in [3.05, 3.63) is 60.4 Å². The first-order chi connectivity index (χ1) is 10.3. The molecule has 0 aliphatic heterocycles. The lowest BCUT2D eigenvalue weighted by atomic mass is 10.2. The van der Waals surface area contributed by atoms with Gasteiger partial charge in [-0.3, -0.25) is 9.67 Å². The van der Waals surface area contributed by atoms with Gasteiger partial charge in [0.15, 0.2) is 0 Å². The van der Waals surface area contributed by atoms with Gasteiger partial charge < -0.3 is 9.15 Å². The maximum atomic E-state index is 11.7. The number of ether oxygens (including phenoxy) is 1. The fraction of sp³-hybridized carbons (Fsp3) is 0.133. The van der Waals surface area contributed by atoms with Crippen LogP contribution in [0, 0.1) is 0 Å². The van der Waals surface area contributed by atoms with Crippen LogP contribution in [-0.2, 0) is 11.3 Å². The lowest BCUT2D eigenvalue weighted by Crippen LogP contribution is -2.08. The maximum absolute atomic E-state index is 11.7. The minimum Gasteiger partial charge on any atom is -0.466 e. The summed E-state index contributed by atoms with van der Waals surface area (Å²) in [6.45, 7) is 0.349. The standard InChI is InChI=1S/C15H13N3O3/c1-20-15(19)12-5-9-21-14(12)10-18-13(4-8-17-18)11-2-6-16-7-3-11/h2-9H,10H2,1H3. The Bertz CT molecular complexity index is 746. The number of carbonyl (C=O) groups is 1. The van der Waals surface area contributed by atoms with Crippen LogP contribution in [0.5, 0.6) is 0 Å². The predicted octanol–water partition coefficient (Wildman–Crippen LogP) is 2.37. The van der Waals surface area contributed by atoms with E-state index in [4.69, 9.17) is 9.15 Å². The molecule has 0 aliphatic carbocycles.